The van der Waals surface area contributed by atoms with Crippen LogP contribution >= 0.6 is 0 Å². The van der Waals surface area contributed by atoms with E-state index in [2.05, 4.69) is 0 Å². The summed E-state index contributed by atoms with van der Waals surface area (Å²) in [6, 6.07) is 6.01. The summed E-state index contributed by atoms with van der Waals surface area (Å²) in [6.45, 7) is 4.53. The molecule has 1 fully saturated rings. The van der Waals surface area contributed by atoms with Crippen molar-refractivity contribution < 1.29 is 14.6 Å². The van der Waals surface area contributed by atoms with Crippen LogP contribution in [0.25, 0.3) is 0 Å². The molecule has 0 radical (unpaired) electrons. The number of rotatable bonds is 3. The van der Waals surface area contributed by atoms with Gasteiger partial charge in [-0.3, -0.25) is 4.90 Å². The zero-order chi connectivity index (χ0) is 13.1. The zero-order valence-corrected chi connectivity index (χ0v) is 10.8. The first-order valence-electron chi connectivity index (χ1n) is 6.27. The number of cyclic esters (lactones) is 1. The van der Waals surface area contributed by atoms with Gasteiger partial charge in [0.15, 0.2) is 0 Å². The number of amides is 1. The van der Waals surface area contributed by atoms with Crippen molar-refractivity contribution in [3.8, 4) is 0 Å². The molecule has 0 bridgehead atoms. The second-order valence-corrected chi connectivity index (χ2v) is 4.73. The maximum atomic E-state index is 11.9. The number of aryl methyl sites for hydroxylation is 2. The molecule has 1 heterocycles. The lowest BCUT2D eigenvalue weighted by atomic mass is 10.0. The van der Waals surface area contributed by atoms with Gasteiger partial charge < -0.3 is 9.84 Å². The van der Waals surface area contributed by atoms with Crippen LogP contribution < -0.4 is 4.90 Å². The molecule has 1 aliphatic rings. The van der Waals surface area contributed by atoms with Crippen LogP contribution in [0.15, 0.2) is 18.2 Å². The molecule has 1 aromatic carbocycles. The predicted molar refractivity (Wildman–Crippen MR) is 69.9 cm³/mol. The number of nitrogens with zero attached hydrogens (tertiary/aromatic N) is 1. The summed E-state index contributed by atoms with van der Waals surface area (Å²) >= 11 is 0. The van der Waals surface area contributed by atoms with Gasteiger partial charge in [0.25, 0.3) is 0 Å². The third-order valence-corrected chi connectivity index (χ3v) is 3.31. The SMILES string of the molecule is Cc1ccc(N2C(=O)OCCC2CCO)c(C)c1. The van der Waals surface area contributed by atoms with Gasteiger partial charge in [-0.1, -0.05) is 17.7 Å². The summed E-state index contributed by atoms with van der Waals surface area (Å²) in [5.74, 6) is 0. The normalized spacial score (nSPS) is 19.8. The van der Waals surface area contributed by atoms with Gasteiger partial charge >= 0.3 is 6.09 Å². The quantitative estimate of drug-likeness (QED) is 0.895. The average molecular weight is 249 g/mol. The monoisotopic (exact) mass is 249 g/mol. The number of benzene rings is 1. The molecule has 0 aromatic heterocycles. The summed E-state index contributed by atoms with van der Waals surface area (Å²) < 4.78 is 5.11. The van der Waals surface area contributed by atoms with Crippen molar-refractivity contribution in [1.29, 1.82) is 0 Å². The minimum Gasteiger partial charge on any atom is -0.449 e. The van der Waals surface area contributed by atoms with Crippen LogP contribution in [0.3, 0.4) is 0 Å². The number of ether oxygens (including phenoxy) is 1. The van der Waals surface area contributed by atoms with E-state index in [1.165, 1.54) is 5.56 Å². The summed E-state index contributed by atoms with van der Waals surface area (Å²) in [6.07, 6.45) is 1.04. The lowest BCUT2D eigenvalue weighted by Gasteiger charge is -2.35. The minimum atomic E-state index is -0.313. The van der Waals surface area contributed by atoms with E-state index in [9.17, 15) is 4.79 Å². The Morgan fingerprint density at radius 1 is 1.44 bits per heavy atom. The van der Waals surface area contributed by atoms with Crippen molar-refractivity contribution in [2.75, 3.05) is 18.1 Å². The van der Waals surface area contributed by atoms with Crippen molar-refractivity contribution in [3.63, 3.8) is 0 Å². The van der Waals surface area contributed by atoms with Gasteiger partial charge in [-0.2, -0.15) is 0 Å². The number of hydrogen-bond acceptors (Lipinski definition) is 3. The molecule has 1 atom stereocenters. The molecule has 98 valence electrons. The zero-order valence-electron chi connectivity index (χ0n) is 10.8. The summed E-state index contributed by atoms with van der Waals surface area (Å²) in [5, 5.41) is 9.10. The Morgan fingerprint density at radius 3 is 2.89 bits per heavy atom. The molecule has 1 aliphatic heterocycles. The fourth-order valence-corrected chi connectivity index (χ4v) is 2.42. The van der Waals surface area contributed by atoms with E-state index in [-0.39, 0.29) is 18.7 Å². The second-order valence-electron chi connectivity index (χ2n) is 4.73. The molecule has 18 heavy (non-hydrogen) atoms. The first kappa shape index (κ1) is 12.9. The highest BCUT2D eigenvalue weighted by atomic mass is 16.6. The van der Waals surface area contributed by atoms with Crippen molar-refractivity contribution in [2.45, 2.75) is 32.7 Å². The van der Waals surface area contributed by atoms with E-state index >= 15 is 0 Å². The van der Waals surface area contributed by atoms with E-state index in [0.29, 0.717) is 13.0 Å². The first-order valence-corrected chi connectivity index (χ1v) is 6.27. The molecule has 1 saturated heterocycles. The molecule has 0 spiro atoms. The standard InChI is InChI=1S/C14H19NO3/c1-10-3-4-13(11(2)9-10)15-12(5-7-16)6-8-18-14(15)17/h3-4,9,12,16H,5-8H2,1-2H3. The van der Waals surface area contributed by atoms with Crippen LogP contribution in [0.2, 0.25) is 0 Å². The predicted octanol–water partition coefficient (Wildman–Crippen LogP) is 2.40. The molecule has 4 heteroatoms. The Bertz CT molecular complexity index is 443. The number of carbonyl (C=O) groups is 1. The van der Waals surface area contributed by atoms with Crippen molar-refractivity contribution >= 4 is 11.8 Å². The van der Waals surface area contributed by atoms with E-state index in [1.807, 2.05) is 32.0 Å². The van der Waals surface area contributed by atoms with Gasteiger partial charge in [0.05, 0.1) is 12.3 Å². The molecule has 1 N–H and O–H groups in total. The maximum absolute atomic E-state index is 11.9. The molecule has 1 amide bonds. The van der Waals surface area contributed by atoms with Gasteiger partial charge in [0.1, 0.15) is 0 Å². The number of hydrogen-bond donors (Lipinski definition) is 1. The summed E-state index contributed by atoms with van der Waals surface area (Å²) in [4.78, 5) is 13.6. The molecule has 0 saturated carbocycles. The van der Waals surface area contributed by atoms with Crippen molar-refractivity contribution in [1.82, 2.24) is 0 Å². The maximum Gasteiger partial charge on any atom is 0.414 e. The Hall–Kier alpha value is -1.55. The van der Waals surface area contributed by atoms with Crippen LogP contribution in [-0.4, -0.2) is 30.5 Å². The van der Waals surface area contributed by atoms with Crippen LogP contribution in [0.4, 0.5) is 10.5 Å². The smallest absolute Gasteiger partial charge is 0.414 e. The number of anilines is 1. The number of aliphatic hydroxyl groups is 1. The van der Waals surface area contributed by atoms with Crippen LogP contribution in [0.5, 0.6) is 0 Å². The summed E-state index contributed by atoms with van der Waals surface area (Å²) in [7, 11) is 0. The topological polar surface area (TPSA) is 49.8 Å². The largest absolute Gasteiger partial charge is 0.449 e. The fourth-order valence-electron chi connectivity index (χ4n) is 2.42. The number of aliphatic hydroxyl groups excluding tert-OH is 1. The highest BCUT2D eigenvalue weighted by Crippen LogP contribution is 2.28. The van der Waals surface area contributed by atoms with Crippen LogP contribution in [0, 0.1) is 13.8 Å². The van der Waals surface area contributed by atoms with Gasteiger partial charge in [-0.25, -0.2) is 4.79 Å². The highest BCUT2D eigenvalue weighted by molar-refractivity contribution is 5.90. The average Bonchev–Trinajstić information content (AvgIpc) is 2.31. The van der Waals surface area contributed by atoms with Crippen molar-refractivity contribution in [2.24, 2.45) is 0 Å². The Kier molecular flexibility index (Phi) is 3.87. The summed E-state index contributed by atoms with van der Waals surface area (Å²) in [5.41, 5.74) is 3.10. The Labute approximate surface area is 107 Å². The fraction of sp³-hybridized carbons (Fsp3) is 0.500. The molecular formula is C14H19NO3. The van der Waals surface area contributed by atoms with Gasteiger partial charge in [0.2, 0.25) is 0 Å². The third-order valence-electron chi connectivity index (χ3n) is 3.31. The van der Waals surface area contributed by atoms with Crippen LogP contribution in [0.1, 0.15) is 24.0 Å². The molecule has 2 rings (SSSR count). The van der Waals surface area contributed by atoms with E-state index in [1.54, 1.807) is 4.90 Å². The molecule has 1 aromatic rings. The van der Waals surface area contributed by atoms with Crippen LogP contribution in [-0.2, 0) is 4.74 Å². The second kappa shape index (κ2) is 5.40. The van der Waals surface area contributed by atoms with E-state index < -0.39 is 0 Å². The number of carbonyl (C=O) groups excluding carboxylic acids is 1. The highest BCUT2D eigenvalue weighted by Gasteiger charge is 2.31. The minimum absolute atomic E-state index is 0.0256. The Morgan fingerprint density at radius 2 is 2.22 bits per heavy atom. The molecule has 4 nitrogen and oxygen atoms in total. The third kappa shape index (κ3) is 2.48. The van der Waals surface area contributed by atoms with E-state index in [4.69, 9.17) is 9.84 Å². The van der Waals surface area contributed by atoms with Crippen molar-refractivity contribution in [3.05, 3.63) is 29.3 Å². The Balaban J connectivity index is 2.34. The first-order chi connectivity index (χ1) is 8.63. The molecule has 0 aliphatic carbocycles. The lowest BCUT2D eigenvalue weighted by molar-refractivity contribution is 0.124. The van der Waals surface area contributed by atoms with Gasteiger partial charge in [-0.05, 0) is 31.9 Å². The molecule has 1 unspecified atom stereocenters. The lowest BCUT2D eigenvalue weighted by Crippen LogP contribution is -2.46. The van der Waals surface area contributed by atoms with E-state index in [0.717, 1.165) is 17.7 Å². The molecular weight excluding hydrogens is 230 g/mol. The van der Waals surface area contributed by atoms with Gasteiger partial charge in [-0.15, -0.1) is 0 Å². The van der Waals surface area contributed by atoms with Gasteiger partial charge in [0, 0.05) is 19.1 Å².